The fraction of sp³-hybridized carbons (Fsp3) is 0. The average molecular weight is 764 g/mol. The summed E-state index contributed by atoms with van der Waals surface area (Å²) in [5.41, 5.74) is 9.33. The van der Waals surface area contributed by atoms with Crippen LogP contribution in [0, 0.1) is 0 Å². The molecule has 0 fully saturated rings. The van der Waals surface area contributed by atoms with Gasteiger partial charge in [0.25, 0.3) is 0 Å². The normalized spacial score (nSPS) is 11.9. The molecule has 0 spiro atoms. The van der Waals surface area contributed by atoms with Crippen LogP contribution >= 0.6 is 22.7 Å². The summed E-state index contributed by atoms with van der Waals surface area (Å²) in [6.45, 7) is 0. The number of hydrogen-bond acceptors (Lipinski definition) is 6. The van der Waals surface area contributed by atoms with Crippen LogP contribution in [0.3, 0.4) is 0 Å². The van der Waals surface area contributed by atoms with E-state index in [4.69, 9.17) is 19.4 Å². The Kier molecular flexibility index (Phi) is 7.24. The number of hydrogen-bond donors (Lipinski definition) is 0. The SMILES string of the molecule is c1ccc(-c2nc(-c3ccc4c(c3)oc3ccccc34)nc(-c3ccc4c(c3)sc3c(-c5ccccc5-c5ccc6sc7ccccc7c6c5)cccc34)n2)cc1. The van der Waals surface area contributed by atoms with Gasteiger partial charge in [-0.05, 0) is 59.2 Å². The highest BCUT2D eigenvalue weighted by Gasteiger charge is 2.18. The van der Waals surface area contributed by atoms with Crippen LogP contribution in [0.25, 0.3) is 119 Å². The van der Waals surface area contributed by atoms with Crippen LogP contribution in [0.4, 0.5) is 0 Å². The fourth-order valence-corrected chi connectivity index (χ4v) is 10.6. The van der Waals surface area contributed by atoms with Gasteiger partial charge >= 0.3 is 0 Å². The van der Waals surface area contributed by atoms with Crippen molar-refractivity contribution in [1.82, 2.24) is 15.0 Å². The Bertz CT molecular complexity index is 3540. The molecule has 0 aliphatic heterocycles. The van der Waals surface area contributed by atoms with Crippen molar-refractivity contribution in [2.24, 2.45) is 0 Å². The topological polar surface area (TPSA) is 51.8 Å². The van der Waals surface area contributed by atoms with Gasteiger partial charge in [-0.3, -0.25) is 0 Å². The molecule has 0 bridgehead atoms. The number of aromatic nitrogens is 3. The molecule has 0 atom stereocenters. The molecule has 0 unspecified atom stereocenters. The molecule has 57 heavy (non-hydrogen) atoms. The molecule has 8 aromatic carbocycles. The first-order valence-corrected chi connectivity index (χ1v) is 20.6. The summed E-state index contributed by atoms with van der Waals surface area (Å²) in [7, 11) is 0. The van der Waals surface area contributed by atoms with Crippen molar-refractivity contribution in [2.75, 3.05) is 0 Å². The summed E-state index contributed by atoms with van der Waals surface area (Å²) in [4.78, 5) is 15.2. The van der Waals surface area contributed by atoms with E-state index in [0.29, 0.717) is 17.5 Å². The van der Waals surface area contributed by atoms with E-state index in [-0.39, 0.29) is 0 Å². The van der Waals surface area contributed by atoms with Crippen molar-refractivity contribution in [3.63, 3.8) is 0 Å². The van der Waals surface area contributed by atoms with Crippen LogP contribution in [-0.2, 0) is 0 Å². The van der Waals surface area contributed by atoms with Crippen LogP contribution < -0.4 is 0 Å². The van der Waals surface area contributed by atoms with Crippen molar-refractivity contribution in [2.45, 2.75) is 0 Å². The lowest BCUT2D eigenvalue weighted by Crippen LogP contribution is -2.00. The van der Waals surface area contributed by atoms with Crippen molar-refractivity contribution < 1.29 is 4.42 Å². The number of fused-ring (bicyclic) bond motifs is 9. The number of rotatable bonds is 5. The lowest BCUT2D eigenvalue weighted by molar-refractivity contribution is 0.669. The lowest BCUT2D eigenvalue weighted by atomic mass is 9.93. The van der Waals surface area contributed by atoms with Crippen molar-refractivity contribution in [1.29, 1.82) is 0 Å². The largest absolute Gasteiger partial charge is 0.456 e. The first-order chi connectivity index (χ1) is 28.2. The number of furan rings is 1. The summed E-state index contributed by atoms with van der Waals surface area (Å²) < 4.78 is 11.3. The Labute approximate surface area is 335 Å². The maximum absolute atomic E-state index is 6.25. The zero-order valence-electron chi connectivity index (χ0n) is 30.3. The van der Waals surface area contributed by atoms with Crippen molar-refractivity contribution in [3.05, 3.63) is 176 Å². The minimum Gasteiger partial charge on any atom is -0.456 e. The first-order valence-electron chi connectivity index (χ1n) is 18.9. The monoisotopic (exact) mass is 763 g/mol. The van der Waals surface area contributed by atoms with Gasteiger partial charge in [-0.25, -0.2) is 15.0 Å². The van der Waals surface area contributed by atoms with E-state index in [9.17, 15) is 0 Å². The molecule has 4 aromatic heterocycles. The van der Waals surface area contributed by atoms with Gasteiger partial charge < -0.3 is 4.42 Å². The summed E-state index contributed by atoms with van der Waals surface area (Å²) in [6, 6.07) is 62.2. The van der Waals surface area contributed by atoms with Crippen molar-refractivity contribution >= 4 is 85.0 Å². The van der Waals surface area contributed by atoms with Crippen LogP contribution in [0.1, 0.15) is 0 Å². The Morgan fingerprint density at radius 3 is 1.77 bits per heavy atom. The molecule has 0 amide bonds. The Hall–Kier alpha value is -6.99. The van der Waals surface area contributed by atoms with Crippen LogP contribution in [-0.4, -0.2) is 15.0 Å². The standard InChI is InChI=1S/C51H29N3OS2/c1-2-11-30(12-3-1)49-52-50(32-21-24-37-36-15-6-8-19-43(36)55-44(37)28-32)54-51(53-49)33-22-25-39-41-18-10-17-40(48(41)57-47(39)29-33)35-14-5-4-13-34(35)31-23-26-46-42(27-31)38-16-7-9-20-45(38)56-46/h1-29H. The minimum absolute atomic E-state index is 0.602. The second-order valence-corrected chi connectivity index (χ2v) is 16.5. The molecule has 12 aromatic rings. The smallest absolute Gasteiger partial charge is 0.164 e. The highest BCUT2D eigenvalue weighted by molar-refractivity contribution is 7.26. The predicted octanol–water partition coefficient (Wildman–Crippen LogP) is 14.8. The molecule has 0 aliphatic rings. The predicted molar refractivity (Wildman–Crippen MR) is 240 cm³/mol. The Morgan fingerprint density at radius 1 is 0.316 bits per heavy atom. The average Bonchev–Trinajstić information content (AvgIpc) is 3.97. The molecule has 4 heterocycles. The van der Waals surface area contributed by atoms with E-state index in [1.54, 1.807) is 0 Å². The number of benzene rings is 8. The molecule has 266 valence electrons. The Morgan fingerprint density at radius 2 is 0.912 bits per heavy atom. The molecule has 0 saturated carbocycles. The third kappa shape index (κ3) is 5.30. The van der Waals surface area contributed by atoms with Crippen LogP contribution in [0.15, 0.2) is 180 Å². The third-order valence-corrected chi connectivity index (χ3v) is 13.3. The van der Waals surface area contributed by atoms with Gasteiger partial charge in [-0.1, -0.05) is 133 Å². The summed E-state index contributed by atoms with van der Waals surface area (Å²) in [5.74, 6) is 1.86. The third-order valence-electron chi connectivity index (χ3n) is 11.0. The van der Waals surface area contributed by atoms with Gasteiger partial charge in [-0.2, -0.15) is 0 Å². The molecular formula is C51H29N3OS2. The van der Waals surface area contributed by atoms with Crippen molar-refractivity contribution in [3.8, 4) is 56.4 Å². The van der Waals surface area contributed by atoms with Gasteiger partial charge in [0.2, 0.25) is 0 Å². The molecule has 0 saturated heterocycles. The zero-order chi connectivity index (χ0) is 37.5. The quantitative estimate of drug-likeness (QED) is 0.175. The van der Waals surface area contributed by atoms with Crippen LogP contribution in [0.5, 0.6) is 0 Å². The first kappa shape index (κ1) is 32.3. The van der Waals surface area contributed by atoms with E-state index in [2.05, 4.69) is 121 Å². The number of nitrogens with zero attached hydrogens (tertiary/aromatic N) is 3. The number of thiophene rings is 2. The maximum atomic E-state index is 6.25. The molecule has 6 heteroatoms. The van der Waals surface area contributed by atoms with Gasteiger partial charge in [0.15, 0.2) is 17.5 Å². The highest BCUT2D eigenvalue weighted by Crippen LogP contribution is 2.45. The molecule has 4 nitrogen and oxygen atoms in total. The van der Waals surface area contributed by atoms with Gasteiger partial charge in [0.1, 0.15) is 11.2 Å². The molecule has 0 aliphatic carbocycles. The van der Waals surface area contributed by atoms with Gasteiger partial charge in [0, 0.05) is 73.4 Å². The van der Waals surface area contributed by atoms with Gasteiger partial charge in [-0.15, -0.1) is 22.7 Å². The number of para-hydroxylation sites is 1. The van der Waals surface area contributed by atoms with Gasteiger partial charge in [0.05, 0.1) is 0 Å². The molecular weight excluding hydrogens is 735 g/mol. The Balaban J connectivity index is 0.990. The summed E-state index contributed by atoms with van der Waals surface area (Å²) in [6.07, 6.45) is 0. The second kappa shape index (κ2) is 12.8. The lowest BCUT2D eigenvalue weighted by Gasteiger charge is -2.11. The minimum atomic E-state index is 0.602. The maximum Gasteiger partial charge on any atom is 0.164 e. The summed E-state index contributed by atoms with van der Waals surface area (Å²) in [5, 5.41) is 7.25. The second-order valence-electron chi connectivity index (χ2n) is 14.3. The highest BCUT2D eigenvalue weighted by atomic mass is 32.1. The fourth-order valence-electron chi connectivity index (χ4n) is 8.23. The van der Waals surface area contributed by atoms with E-state index < -0.39 is 0 Å². The van der Waals surface area contributed by atoms with Crippen LogP contribution in [0.2, 0.25) is 0 Å². The van der Waals surface area contributed by atoms with E-state index >= 15 is 0 Å². The molecule has 12 rings (SSSR count). The van der Waals surface area contributed by atoms with E-state index in [1.165, 1.54) is 62.6 Å². The zero-order valence-corrected chi connectivity index (χ0v) is 31.9. The molecule has 0 N–H and O–H groups in total. The summed E-state index contributed by atoms with van der Waals surface area (Å²) >= 11 is 3.68. The van der Waals surface area contributed by atoms with E-state index in [0.717, 1.165) is 38.6 Å². The molecule has 0 radical (unpaired) electrons. The van der Waals surface area contributed by atoms with E-state index in [1.807, 2.05) is 77.3 Å².